The van der Waals surface area contributed by atoms with Crippen LogP contribution in [0.15, 0.2) is 12.3 Å². The highest BCUT2D eigenvalue weighted by Gasteiger charge is 2.10. The van der Waals surface area contributed by atoms with E-state index in [2.05, 4.69) is 15.6 Å². The molecule has 6 nitrogen and oxygen atoms in total. The number of likely N-dealkylation sites (N-methyl/N-ethyl adjacent to an activating group) is 1. The molecule has 0 aromatic carbocycles. The molecule has 7 heteroatoms. The number of carbonyl (C=O) groups is 2. The molecule has 0 aliphatic heterocycles. The van der Waals surface area contributed by atoms with E-state index in [-0.39, 0.29) is 28.9 Å². The first-order chi connectivity index (χ1) is 7.54. The van der Waals surface area contributed by atoms with Crippen molar-refractivity contribution in [1.29, 1.82) is 0 Å². The Hall–Kier alpha value is -1.82. The molecule has 16 heavy (non-hydrogen) atoms. The number of aromatic nitrogens is 1. The topological polar surface area (TPSA) is 91.3 Å². The number of amides is 1. The van der Waals surface area contributed by atoms with Crippen LogP contribution >= 0.6 is 11.6 Å². The van der Waals surface area contributed by atoms with Crippen LogP contribution in [0.25, 0.3) is 0 Å². The number of rotatable bonds is 4. The Balaban J connectivity index is 2.79. The second kappa shape index (κ2) is 5.32. The normalized spacial score (nSPS) is 9.62. The van der Waals surface area contributed by atoms with E-state index in [0.29, 0.717) is 0 Å². The molecule has 0 aliphatic rings. The van der Waals surface area contributed by atoms with E-state index in [4.69, 9.17) is 16.7 Å². The lowest BCUT2D eigenvalue weighted by Gasteiger charge is -2.06. The van der Waals surface area contributed by atoms with Gasteiger partial charge in [-0.25, -0.2) is 9.78 Å². The molecule has 0 aliphatic carbocycles. The van der Waals surface area contributed by atoms with Gasteiger partial charge in [-0.3, -0.25) is 4.79 Å². The maximum atomic E-state index is 10.9. The molecular weight excluding hydrogens is 234 g/mol. The smallest absolute Gasteiger partial charge is 0.337 e. The molecule has 0 bridgehead atoms. The largest absolute Gasteiger partial charge is 0.478 e. The summed E-state index contributed by atoms with van der Waals surface area (Å²) in [7, 11) is 1.50. The number of carbonyl (C=O) groups excluding carboxylic acids is 1. The summed E-state index contributed by atoms with van der Waals surface area (Å²) in [5.41, 5.74) is -0.0592. The summed E-state index contributed by atoms with van der Waals surface area (Å²) in [6.45, 7) is 0.0180. The first-order valence-corrected chi connectivity index (χ1v) is 4.75. The van der Waals surface area contributed by atoms with E-state index in [1.807, 2.05) is 0 Å². The average molecular weight is 244 g/mol. The third kappa shape index (κ3) is 3.09. The van der Waals surface area contributed by atoms with Crippen molar-refractivity contribution in [3.63, 3.8) is 0 Å². The van der Waals surface area contributed by atoms with E-state index >= 15 is 0 Å². The number of aromatic carboxylic acids is 1. The number of anilines is 1. The lowest BCUT2D eigenvalue weighted by molar-refractivity contribution is -0.118. The van der Waals surface area contributed by atoms with Crippen LogP contribution in [-0.4, -0.2) is 35.6 Å². The van der Waals surface area contributed by atoms with Gasteiger partial charge < -0.3 is 15.7 Å². The Bertz CT molecular complexity index is 422. The van der Waals surface area contributed by atoms with Crippen molar-refractivity contribution >= 4 is 29.3 Å². The van der Waals surface area contributed by atoms with Gasteiger partial charge in [-0.1, -0.05) is 11.6 Å². The minimum absolute atomic E-state index is 0.0180. The van der Waals surface area contributed by atoms with Crippen molar-refractivity contribution in [3.05, 3.63) is 22.8 Å². The summed E-state index contributed by atoms with van der Waals surface area (Å²) >= 11 is 5.63. The maximum absolute atomic E-state index is 10.9. The first-order valence-electron chi connectivity index (χ1n) is 4.38. The van der Waals surface area contributed by atoms with E-state index in [9.17, 15) is 9.59 Å². The van der Waals surface area contributed by atoms with Gasteiger partial charge >= 0.3 is 5.97 Å². The highest BCUT2D eigenvalue weighted by atomic mass is 35.5. The van der Waals surface area contributed by atoms with Gasteiger partial charge in [0.15, 0.2) is 0 Å². The van der Waals surface area contributed by atoms with Crippen LogP contribution in [0.2, 0.25) is 5.02 Å². The molecule has 86 valence electrons. The van der Waals surface area contributed by atoms with Gasteiger partial charge in [0.05, 0.1) is 17.1 Å². The fourth-order valence-corrected chi connectivity index (χ4v) is 1.14. The fourth-order valence-electron chi connectivity index (χ4n) is 0.958. The summed E-state index contributed by atoms with van der Waals surface area (Å²) < 4.78 is 0. The second-order valence-corrected chi connectivity index (χ2v) is 3.29. The minimum Gasteiger partial charge on any atom is -0.478 e. The monoisotopic (exact) mass is 243 g/mol. The van der Waals surface area contributed by atoms with Crippen molar-refractivity contribution in [2.75, 3.05) is 18.9 Å². The molecule has 0 atom stereocenters. The van der Waals surface area contributed by atoms with Crippen molar-refractivity contribution in [1.82, 2.24) is 10.3 Å². The van der Waals surface area contributed by atoms with Crippen molar-refractivity contribution in [3.8, 4) is 0 Å². The quantitative estimate of drug-likeness (QED) is 0.720. The number of carboxylic acid groups (broad SMARTS) is 1. The number of halogens is 1. The van der Waals surface area contributed by atoms with Crippen LogP contribution in [0, 0.1) is 0 Å². The SMILES string of the molecule is CNC(=O)CNc1cc(C(=O)O)c(Cl)cn1. The van der Waals surface area contributed by atoms with Gasteiger partial charge in [-0.2, -0.15) is 0 Å². The molecule has 0 radical (unpaired) electrons. The number of hydrogen-bond donors (Lipinski definition) is 3. The van der Waals surface area contributed by atoms with E-state index in [1.165, 1.54) is 19.3 Å². The van der Waals surface area contributed by atoms with Gasteiger partial charge in [-0.15, -0.1) is 0 Å². The Morgan fingerprint density at radius 1 is 1.56 bits per heavy atom. The molecule has 0 spiro atoms. The Kier molecular flexibility index (Phi) is 4.07. The van der Waals surface area contributed by atoms with Crippen LogP contribution < -0.4 is 10.6 Å². The van der Waals surface area contributed by atoms with Gasteiger partial charge in [0.1, 0.15) is 5.82 Å². The third-order valence-electron chi connectivity index (χ3n) is 1.79. The molecule has 1 rings (SSSR count). The molecule has 0 unspecified atom stereocenters. The number of pyridine rings is 1. The van der Waals surface area contributed by atoms with Crippen LogP contribution in [0.5, 0.6) is 0 Å². The molecule has 1 aromatic rings. The van der Waals surface area contributed by atoms with Gasteiger partial charge in [0, 0.05) is 13.2 Å². The Morgan fingerprint density at radius 3 is 2.81 bits per heavy atom. The Morgan fingerprint density at radius 2 is 2.25 bits per heavy atom. The fraction of sp³-hybridized carbons (Fsp3) is 0.222. The van der Waals surface area contributed by atoms with Crippen LogP contribution in [0.1, 0.15) is 10.4 Å². The summed E-state index contributed by atoms with van der Waals surface area (Å²) in [4.78, 5) is 25.5. The standard InChI is InChI=1S/C9H10ClN3O3/c1-11-8(14)4-13-7-2-5(9(15)16)6(10)3-12-7/h2-3H,4H2,1H3,(H,11,14)(H,12,13)(H,15,16). The lowest BCUT2D eigenvalue weighted by atomic mass is 10.2. The van der Waals surface area contributed by atoms with Gasteiger partial charge in [-0.05, 0) is 6.07 Å². The van der Waals surface area contributed by atoms with E-state index in [0.717, 1.165) is 0 Å². The number of carboxylic acids is 1. The highest BCUT2D eigenvalue weighted by molar-refractivity contribution is 6.33. The highest BCUT2D eigenvalue weighted by Crippen LogP contribution is 2.17. The summed E-state index contributed by atoms with van der Waals surface area (Å²) in [6.07, 6.45) is 1.22. The molecule has 1 heterocycles. The molecular formula is C9H10ClN3O3. The number of hydrogen-bond acceptors (Lipinski definition) is 4. The molecule has 1 amide bonds. The summed E-state index contributed by atoms with van der Waals surface area (Å²) in [5, 5.41) is 13.9. The van der Waals surface area contributed by atoms with E-state index in [1.54, 1.807) is 0 Å². The van der Waals surface area contributed by atoms with Crippen LogP contribution in [0.4, 0.5) is 5.82 Å². The van der Waals surface area contributed by atoms with Crippen LogP contribution in [0.3, 0.4) is 0 Å². The van der Waals surface area contributed by atoms with Gasteiger partial charge in [0.25, 0.3) is 0 Å². The number of nitrogens with zero attached hydrogens (tertiary/aromatic N) is 1. The predicted molar refractivity (Wildman–Crippen MR) is 58.8 cm³/mol. The maximum Gasteiger partial charge on any atom is 0.337 e. The zero-order valence-electron chi connectivity index (χ0n) is 8.45. The molecule has 0 saturated carbocycles. The van der Waals surface area contributed by atoms with Gasteiger partial charge in [0.2, 0.25) is 5.91 Å². The zero-order chi connectivity index (χ0) is 12.1. The Labute approximate surface area is 96.6 Å². The lowest BCUT2D eigenvalue weighted by Crippen LogP contribution is -2.26. The van der Waals surface area contributed by atoms with Crippen molar-refractivity contribution < 1.29 is 14.7 Å². The number of nitrogens with one attached hydrogen (secondary N) is 2. The zero-order valence-corrected chi connectivity index (χ0v) is 9.21. The molecule has 1 aromatic heterocycles. The van der Waals surface area contributed by atoms with E-state index < -0.39 is 5.97 Å². The second-order valence-electron chi connectivity index (χ2n) is 2.88. The molecule has 0 fully saturated rings. The minimum atomic E-state index is -1.14. The molecule has 3 N–H and O–H groups in total. The van der Waals surface area contributed by atoms with Crippen molar-refractivity contribution in [2.24, 2.45) is 0 Å². The summed E-state index contributed by atoms with van der Waals surface area (Å²) in [5.74, 6) is -1.09. The van der Waals surface area contributed by atoms with Crippen molar-refractivity contribution in [2.45, 2.75) is 0 Å². The average Bonchev–Trinajstić information content (AvgIpc) is 2.27. The van der Waals surface area contributed by atoms with Crippen LogP contribution in [-0.2, 0) is 4.79 Å². The predicted octanol–water partition coefficient (Wildman–Crippen LogP) is 0.591. The summed E-state index contributed by atoms with van der Waals surface area (Å²) in [6, 6.07) is 1.27. The first kappa shape index (κ1) is 12.3. The third-order valence-corrected chi connectivity index (χ3v) is 2.10. The molecule has 0 saturated heterocycles.